The van der Waals surface area contributed by atoms with Crippen LogP contribution in [0.3, 0.4) is 0 Å². The highest BCUT2D eigenvalue weighted by Gasteiger charge is 2.19. The number of furan rings is 1. The summed E-state index contributed by atoms with van der Waals surface area (Å²) < 4.78 is 9.02. The zero-order valence-corrected chi connectivity index (χ0v) is 36.6. The van der Waals surface area contributed by atoms with Gasteiger partial charge in [-0.05, 0) is 115 Å². The second kappa shape index (κ2) is 15.2. The van der Waals surface area contributed by atoms with Crippen molar-refractivity contribution >= 4 is 76.1 Å². The van der Waals surface area contributed by atoms with Gasteiger partial charge in [0.15, 0.2) is 17.5 Å². The Morgan fingerprint density at radius 3 is 1.31 bits per heavy atom. The van der Waals surface area contributed by atoms with Gasteiger partial charge >= 0.3 is 0 Å². The second-order valence-corrected chi connectivity index (χ2v) is 17.5. The first-order valence-electron chi connectivity index (χ1n) is 23.0. The Balaban J connectivity index is 0.849. The van der Waals surface area contributed by atoms with Crippen LogP contribution in [0.5, 0.6) is 0 Å². The summed E-state index contributed by atoms with van der Waals surface area (Å²) in [6, 6.07) is 81.7. The van der Waals surface area contributed by atoms with E-state index in [0.717, 1.165) is 66.5 Å². The molecule has 0 saturated heterocycles. The Morgan fingerprint density at radius 2 is 0.662 bits per heavy atom. The molecule has 316 valence electrons. The van der Waals surface area contributed by atoms with Crippen LogP contribution >= 0.6 is 0 Å². The first-order chi connectivity index (χ1) is 33.7. The van der Waals surface area contributed by atoms with Crippen LogP contribution in [-0.4, -0.2) is 19.5 Å². The van der Waals surface area contributed by atoms with Crippen molar-refractivity contribution in [1.29, 1.82) is 0 Å². The van der Waals surface area contributed by atoms with Crippen LogP contribution in [0, 0.1) is 0 Å². The monoisotopic (exact) mass is 866 g/mol. The minimum absolute atomic E-state index is 0.576. The molecule has 0 N–H and O–H groups in total. The minimum atomic E-state index is 0.576. The number of nitrogens with zero attached hydrogens (tertiary/aromatic N) is 4. The number of para-hydroxylation sites is 2. The summed E-state index contributed by atoms with van der Waals surface area (Å²) in [6.07, 6.45) is 0. The molecule has 14 aromatic rings. The molecule has 0 bridgehead atoms. The van der Waals surface area contributed by atoms with Crippen LogP contribution in [0.1, 0.15) is 0 Å². The maximum Gasteiger partial charge on any atom is 0.164 e. The van der Waals surface area contributed by atoms with Crippen molar-refractivity contribution in [3.63, 3.8) is 0 Å². The van der Waals surface area contributed by atoms with Crippen molar-refractivity contribution in [2.75, 3.05) is 0 Å². The van der Waals surface area contributed by atoms with Crippen molar-refractivity contribution in [2.24, 2.45) is 0 Å². The number of hydrogen-bond acceptors (Lipinski definition) is 4. The lowest BCUT2D eigenvalue weighted by molar-refractivity contribution is 0.669. The van der Waals surface area contributed by atoms with Gasteiger partial charge < -0.3 is 8.98 Å². The quantitative estimate of drug-likeness (QED) is 0.156. The molecule has 0 atom stereocenters. The number of aromatic nitrogens is 4. The molecule has 0 unspecified atom stereocenters. The van der Waals surface area contributed by atoms with Gasteiger partial charge in [0, 0.05) is 43.9 Å². The van der Waals surface area contributed by atoms with Crippen molar-refractivity contribution in [3.8, 4) is 62.1 Å². The van der Waals surface area contributed by atoms with Gasteiger partial charge in [-0.2, -0.15) is 0 Å². The standard InChI is InChI=1S/C63H38N4O/c1-3-14-39(15-4-1)61-64-62(44-28-31-53-52-24-11-12-25-57(52)67(58(53)36-44)46-18-5-2-6-19-46)66-63(65-61)45-29-33-55-54-32-27-43(37-59(54)68-60(55)38-45)41-17-13-16-40(34-41)42-26-30-51-49-22-8-7-20-47(49)48-21-9-10-23-50(48)56(51)35-42/h1-38H. The van der Waals surface area contributed by atoms with Crippen molar-refractivity contribution in [1.82, 2.24) is 19.5 Å². The summed E-state index contributed by atoms with van der Waals surface area (Å²) in [5.74, 6) is 1.78. The van der Waals surface area contributed by atoms with E-state index in [2.05, 4.69) is 205 Å². The molecule has 0 saturated carbocycles. The van der Waals surface area contributed by atoms with Gasteiger partial charge in [0.1, 0.15) is 11.2 Å². The zero-order chi connectivity index (χ0) is 44.7. The van der Waals surface area contributed by atoms with Gasteiger partial charge in [0.05, 0.1) is 11.0 Å². The van der Waals surface area contributed by atoms with Crippen molar-refractivity contribution in [2.45, 2.75) is 0 Å². The fraction of sp³-hybridized carbons (Fsp3) is 0. The van der Waals surface area contributed by atoms with Crippen molar-refractivity contribution in [3.05, 3.63) is 231 Å². The van der Waals surface area contributed by atoms with Crippen LogP contribution in [0.15, 0.2) is 235 Å². The third kappa shape index (κ3) is 6.14. The molecule has 14 rings (SSSR count). The van der Waals surface area contributed by atoms with Gasteiger partial charge in [-0.3, -0.25) is 0 Å². The summed E-state index contributed by atoms with van der Waals surface area (Å²) in [5, 5.41) is 12.1. The van der Waals surface area contributed by atoms with Gasteiger partial charge in [-0.25, -0.2) is 15.0 Å². The van der Waals surface area contributed by atoms with Gasteiger partial charge in [0.2, 0.25) is 0 Å². The number of rotatable bonds is 6. The first-order valence-corrected chi connectivity index (χ1v) is 23.0. The molecule has 0 aliphatic carbocycles. The lowest BCUT2D eigenvalue weighted by atomic mass is 9.91. The average Bonchev–Trinajstić information content (AvgIpc) is 3.96. The third-order valence-electron chi connectivity index (χ3n) is 13.6. The van der Waals surface area contributed by atoms with E-state index < -0.39 is 0 Å². The van der Waals surface area contributed by atoms with Crippen LogP contribution in [-0.2, 0) is 0 Å². The summed E-state index contributed by atoms with van der Waals surface area (Å²) >= 11 is 0. The highest BCUT2D eigenvalue weighted by Crippen LogP contribution is 2.40. The molecule has 0 fully saturated rings. The van der Waals surface area contributed by atoms with Crippen LogP contribution in [0.2, 0.25) is 0 Å². The molecular weight excluding hydrogens is 829 g/mol. The molecule has 0 radical (unpaired) electrons. The molecule has 11 aromatic carbocycles. The number of fused-ring (bicyclic) bond motifs is 12. The Kier molecular flexibility index (Phi) is 8.52. The maximum absolute atomic E-state index is 6.70. The SMILES string of the molecule is c1ccc(-c2nc(-c3ccc4c(c3)oc3cc(-c5cccc(-c6ccc7c8ccccc8c8ccccc8c7c6)c5)ccc34)nc(-c3ccc4c5ccccc5n(-c5ccccc5)c4c3)n2)cc1. The van der Waals surface area contributed by atoms with Crippen LogP contribution < -0.4 is 0 Å². The second-order valence-electron chi connectivity index (χ2n) is 17.5. The normalized spacial score (nSPS) is 11.8. The van der Waals surface area contributed by atoms with Gasteiger partial charge in [0.25, 0.3) is 0 Å². The molecule has 0 spiro atoms. The summed E-state index contributed by atoms with van der Waals surface area (Å²) in [5.41, 5.74) is 12.2. The maximum atomic E-state index is 6.70. The minimum Gasteiger partial charge on any atom is -0.456 e. The van der Waals surface area contributed by atoms with E-state index in [1.165, 1.54) is 54.2 Å². The highest BCUT2D eigenvalue weighted by molar-refractivity contribution is 6.25. The van der Waals surface area contributed by atoms with Crippen molar-refractivity contribution < 1.29 is 4.42 Å². The Hall–Kier alpha value is -9.19. The number of hydrogen-bond donors (Lipinski definition) is 0. The topological polar surface area (TPSA) is 56.7 Å². The lowest BCUT2D eigenvalue weighted by Crippen LogP contribution is -2.00. The molecule has 5 heteroatoms. The Labute approximate surface area is 390 Å². The van der Waals surface area contributed by atoms with E-state index >= 15 is 0 Å². The van der Waals surface area contributed by atoms with Gasteiger partial charge in [-0.15, -0.1) is 0 Å². The lowest BCUT2D eigenvalue weighted by Gasteiger charge is -2.12. The average molecular weight is 867 g/mol. The summed E-state index contributed by atoms with van der Waals surface area (Å²) in [6.45, 7) is 0. The fourth-order valence-electron chi connectivity index (χ4n) is 10.4. The predicted molar refractivity (Wildman–Crippen MR) is 281 cm³/mol. The molecule has 5 nitrogen and oxygen atoms in total. The largest absolute Gasteiger partial charge is 0.456 e. The molecular formula is C63H38N4O. The Morgan fingerprint density at radius 1 is 0.250 bits per heavy atom. The van der Waals surface area contributed by atoms with E-state index in [1.54, 1.807) is 0 Å². The van der Waals surface area contributed by atoms with E-state index in [9.17, 15) is 0 Å². The zero-order valence-electron chi connectivity index (χ0n) is 36.6. The van der Waals surface area contributed by atoms with Crippen LogP contribution in [0.25, 0.3) is 138 Å². The van der Waals surface area contributed by atoms with Gasteiger partial charge in [-0.1, -0.05) is 170 Å². The molecule has 0 aliphatic rings. The van der Waals surface area contributed by atoms with E-state index in [4.69, 9.17) is 19.4 Å². The fourth-order valence-corrected chi connectivity index (χ4v) is 10.4. The Bertz CT molecular complexity index is 4290. The summed E-state index contributed by atoms with van der Waals surface area (Å²) in [4.78, 5) is 15.4. The molecule has 3 heterocycles. The summed E-state index contributed by atoms with van der Waals surface area (Å²) in [7, 11) is 0. The highest BCUT2D eigenvalue weighted by atomic mass is 16.3. The molecule has 68 heavy (non-hydrogen) atoms. The number of benzene rings is 11. The molecule has 0 amide bonds. The van der Waals surface area contributed by atoms with E-state index in [1.807, 2.05) is 30.3 Å². The van der Waals surface area contributed by atoms with E-state index in [0.29, 0.717) is 17.5 Å². The molecule has 0 aliphatic heterocycles. The smallest absolute Gasteiger partial charge is 0.164 e. The van der Waals surface area contributed by atoms with E-state index in [-0.39, 0.29) is 0 Å². The third-order valence-corrected chi connectivity index (χ3v) is 13.6. The van der Waals surface area contributed by atoms with Crippen LogP contribution in [0.4, 0.5) is 0 Å². The molecule has 3 aromatic heterocycles. The first kappa shape index (κ1) is 38.1. The predicted octanol–water partition coefficient (Wildman–Crippen LogP) is 16.7.